The molecule has 0 radical (unpaired) electrons. The highest BCUT2D eigenvalue weighted by molar-refractivity contribution is 9.10. The van der Waals surface area contributed by atoms with Gasteiger partial charge in [0.25, 0.3) is 0 Å². The predicted octanol–water partition coefficient (Wildman–Crippen LogP) is 3.38. The summed E-state index contributed by atoms with van der Waals surface area (Å²) in [6.07, 6.45) is -0.0770. The number of carbonyl (C=O) groups is 1. The first-order valence-corrected chi connectivity index (χ1v) is 7.43. The summed E-state index contributed by atoms with van der Waals surface area (Å²) >= 11 is 3.42. The van der Waals surface area contributed by atoms with E-state index in [1.54, 1.807) is 18.2 Å². The molecule has 0 saturated heterocycles. The number of carboxylic acid groups (broad SMARTS) is 1. The Morgan fingerprint density at radius 1 is 1.23 bits per heavy atom. The summed E-state index contributed by atoms with van der Waals surface area (Å²) in [4.78, 5) is 10.9. The van der Waals surface area contributed by atoms with Crippen molar-refractivity contribution >= 4 is 21.9 Å². The molecule has 114 valence electrons. The maximum absolute atomic E-state index is 10.9. The molecule has 0 bridgehead atoms. The van der Waals surface area contributed by atoms with Gasteiger partial charge >= 0.3 is 5.97 Å². The molecule has 5 nitrogen and oxygen atoms in total. The first-order chi connectivity index (χ1) is 10.6. The summed E-state index contributed by atoms with van der Waals surface area (Å²) in [6, 6.07) is 10.8. The van der Waals surface area contributed by atoms with Crippen LogP contribution in [0.3, 0.4) is 0 Å². The zero-order chi connectivity index (χ0) is 15.5. The van der Waals surface area contributed by atoms with Gasteiger partial charge in [-0.2, -0.15) is 0 Å². The van der Waals surface area contributed by atoms with Crippen molar-refractivity contribution in [2.24, 2.45) is 0 Å². The zero-order valence-corrected chi connectivity index (χ0v) is 13.1. The normalized spacial score (nSPS) is 12.2. The van der Waals surface area contributed by atoms with Gasteiger partial charge in [-0.3, -0.25) is 4.79 Å². The van der Waals surface area contributed by atoms with E-state index in [1.165, 1.54) is 0 Å². The molecule has 1 N–H and O–H groups in total. The van der Waals surface area contributed by atoms with Crippen LogP contribution in [0.5, 0.6) is 17.2 Å². The molecular weight excluding hydrogens is 352 g/mol. The van der Waals surface area contributed by atoms with Crippen molar-refractivity contribution in [2.45, 2.75) is 13.0 Å². The van der Waals surface area contributed by atoms with Crippen LogP contribution >= 0.6 is 15.9 Å². The SMILES string of the molecule is O=C(O)Cc1ccccc1OCc1cc(Br)cc2c1OCO2. The lowest BCUT2D eigenvalue weighted by molar-refractivity contribution is -0.136. The van der Waals surface area contributed by atoms with Crippen molar-refractivity contribution in [3.8, 4) is 17.2 Å². The van der Waals surface area contributed by atoms with E-state index in [0.29, 0.717) is 22.8 Å². The summed E-state index contributed by atoms with van der Waals surface area (Å²) in [5.74, 6) is 0.999. The summed E-state index contributed by atoms with van der Waals surface area (Å²) in [7, 11) is 0. The lowest BCUT2D eigenvalue weighted by Crippen LogP contribution is -2.04. The minimum atomic E-state index is -0.892. The van der Waals surface area contributed by atoms with Gasteiger partial charge in [0.15, 0.2) is 11.5 Å². The fraction of sp³-hybridized carbons (Fsp3) is 0.188. The van der Waals surface area contributed by atoms with E-state index in [-0.39, 0.29) is 19.8 Å². The molecule has 0 unspecified atom stereocenters. The van der Waals surface area contributed by atoms with Gasteiger partial charge in [0, 0.05) is 15.6 Å². The Morgan fingerprint density at radius 3 is 2.86 bits per heavy atom. The van der Waals surface area contributed by atoms with E-state index < -0.39 is 5.97 Å². The van der Waals surface area contributed by atoms with Gasteiger partial charge in [-0.05, 0) is 18.2 Å². The van der Waals surface area contributed by atoms with E-state index in [0.717, 1.165) is 10.0 Å². The Hall–Kier alpha value is -2.21. The van der Waals surface area contributed by atoms with Crippen molar-refractivity contribution in [3.63, 3.8) is 0 Å². The number of hydrogen-bond acceptors (Lipinski definition) is 4. The first-order valence-electron chi connectivity index (χ1n) is 6.64. The summed E-state index contributed by atoms with van der Waals surface area (Å²) in [5.41, 5.74) is 1.48. The molecule has 0 saturated carbocycles. The number of carboxylic acids is 1. The molecule has 2 aromatic carbocycles. The predicted molar refractivity (Wildman–Crippen MR) is 82.4 cm³/mol. The van der Waals surface area contributed by atoms with Crippen molar-refractivity contribution in [3.05, 3.63) is 52.0 Å². The zero-order valence-electron chi connectivity index (χ0n) is 11.5. The van der Waals surface area contributed by atoms with Crippen LogP contribution in [0.2, 0.25) is 0 Å². The molecule has 0 fully saturated rings. The van der Waals surface area contributed by atoms with Crippen molar-refractivity contribution in [2.75, 3.05) is 6.79 Å². The molecule has 1 aliphatic rings. The molecule has 1 aliphatic heterocycles. The van der Waals surface area contributed by atoms with Crippen LogP contribution in [-0.2, 0) is 17.8 Å². The Labute approximate surface area is 135 Å². The highest BCUT2D eigenvalue weighted by Gasteiger charge is 2.19. The van der Waals surface area contributed by atoms with Crippen LogP contribution in [0.1, 0.15) is 11.1 Å². The summed E-state index contributed by atoms with van der Waals surface area (Å²) < 4.78 is 17.5. The molecule has 0 amide bonds. The number of benzene rings is 2. The molecule has 0 aromatic heterocycles. The van der Waals surface area contributed by atoms with E-state index in [1.807, 2.05) is 18.2 Å². The van der Waals surface area contributed by atoms with Gasteiger partial charge in [0.1, 0.15) is 12.4 Å². The van der Waals surface area contributed by atoms with E-state index in [2.05, 4.69) is 15.9 Å². The Morgan fingerprint density at radius 2 is 2.05 bits per heavy atom. The largest absolute Gasteiger partial charge is 0.488 e. The number of fused-ring (bicyclic) bond motifs is 1. The highest BCUT2D eigenvalue weighted by Crippen LogP contribution is 2.39. The standard InChI is InChI=1S/C16H13BrO5/c17-12-5-11(16-14(7-12)21-9-22-16)8-20-13-4-2-1-3-10(13)6-15(18)19/h1-5,7H,6,8-9H2,(H,18,19). The molecule has 6 heteroatoms. The van der Waals surface area contributed by atoms with Gasteiger partial charge in [-0.1, -0.05) is 34.1 Å². The fourth-order valence-electron chi connectivity index (χ4n) is 2.26. The second-order valence-electron chi connectivity index (χ2n) is 4.77. The van der Waals surface area contributed by atoms with E-state index in [4.69, 9.17) is 19.3 Å². The average molecular weight is 365 g/mol. The van der Waals surface area contributed by atoms with Gasteiger partial charge in [-0.25, -0.2) is 0 Å². The van der Waals surface area contributed by atoms with Crippen LogP contribution < -0.4 is 14.2 Å². The maximum atomic E-state index is 10.9. The Balaban J connectivity index is 1.80. The second kappa shape index (κ2) is 6.27. The lowest BCUT2D eigenvalue weighted by Gasteiger charge is -2.12. The number of aliphatic carboxylic acids is 1. The average Bonchev–Trinajstić information content (AvgIpc) is 2.93. The maximum Gasteiger partial charge on any atom is 0.307 e. The van der Waals surface area contributed by atoms with E-state index >= 15 is 0 Å². The quantitative estimate of drug-likeness (QED) is 0.880. The Kier molecular flexibility index (Phi) is 4.20. The second-order valence-corrected chi connectivity index (χ2v) is 5.68. The third kappa shape index (κ3) is 3.17. The summed E-state index contributed by atoms with van der Waals surface area (Å²) in [6.45, 7) is 0.455. The van der Waals surface area contributed by atoms with E-state index in [9.17, 15) is 4.79 Å². The van der Waals surface area contributed by atoms with Crippen LogP contribution in [0.15, 0.2) is 40.9 Å². The van der Waals surface area contributed by atoms with Gasteiger partial charge in [-0.15, -0.1) is 0 Å². The van der Waals surface area contributed by atoms with Gasteiger partial charge < -0.3 is 19.3 Å². The molecule has 22 heavy (non-hydrogen) atoms. The lowest BCUT2D eigenvalue weighted by atomic mass is 10.1. The summed E-state index contributed by atoms with van der Waals surface area (Å²) in [5, 5.41) is 8.94. The van der Waals surface area contributed by atoms with Gasteiger partial charge in [0.2, 0.25) is 6.79 Å². The van der Waals surface area contributed by atoms with Crippen LogP contribution in [0.4, 0.5) is 0 Å². The van der Waals surface area contributed by atoms with Crippen molar-refractivity contribution in [1.82, 2.24) is 0 Å². The number of ether oxygens (including phenoxy) is 3. The monoisotopic (exact) mass is 364 g/mol. The minimum absolute atomic E-state index is 0.0770. The molecule has 1 heterocycles. The van der Waals surface area contributed by atoms with Crippen LogP contribution in [-0.4, -0.2) is 17.9 Å². The van der Waals surface area contributed by atoms with Crippen LogP contribution in [0, 0.1) is 0 Å². The number of halogens is 1. The number of hydrogen-bond donors (Lipinski definition) is 1. The molecular formula is C16H13BrO5. The molecule has 0 aliphatic carbocycles. The smallest absolute Gasteiger partial charge is 0.307 e. The third-order valence-corrected chi connectivity index (χ3v) is 3.67. The first kappa shape index (κ1) is 14.7. The Bertz CT molecular complexity index is 714. The highest BCUT2D eigenvalue weighted by atomic mass is 79.9. The molecule has 0 spiro atoms. The molecule has 0 atom stereocenters. The fourth-order valence-corrected chi connectivity index (χ4v) is 2.75. The van der Waals surface area contributed by atoms with Crippen LogP contribution in [0.25, 0.3) is 0 Å². The number of rotatable bonds is 5. The van der Waals surface area contributed by atoms with Crippen molar-refractivity contribution < 1.29 is 24.1 Å². The number of para-hydroxylation sites is 1. The van der Waals surface area contributed by atoms with Crippen molar-refractivity contribution in [1.29, 1.82) is 0 Å². The van der Waals surface area contributed by atoms with Gasteiger partial charge in [0.05, 0.1) is 6.42 Å². The third-order valence-electron chi connectivity index (χ3n) is 3.21. The topological polar surface area (TPSA) is 65.0 Å². The molecule has 3 rings (SSSR count). The minimum Gasteiger partial charge on any atom is -0.488 e. The molecule has 2 aromatic rings.